The summed E-state index contributed by atoms with van der Waals surface area (Å²) < 4.78 is 5.46. The van der Waals surface area contributed by atoms with Gasteiger partial charge in [0, 0.05) is 25.3 Å². The number of ether oxygens (including phenoxy) is 1. The lowest BCUT2D eigenvalue weighted by molar-refractivity contribution is 0.0217. The van der Waals surface area contributed by atoms with Gasteiger partial charge in [0.2, 0.25) is 0 Å². The smallest absolute Gasteiger partial charge is 0.410 e. The molecule has 1 saturated heterocycles. The molecule has 0 bridgehead atoms. The fourth-order valence-corrected chi connectivity index (χ4v) is 3.19. The van der Waals surface area contributed by atoms with Gasteiger partial charge in [-0.05, 0) is 51.0 Å². The molecule has 3 rings (SSSR count). The standard InChI is InChI=1S/C17H21N3O2/c1-17(2,3)22-16(21)19-6-7-20-14(11-19)9-13-8-12(10-18)4-5-15(13)20/h4-5,8,14H,6-7,9,11H2,1-3H3. The van der Waals surface area contributed by atoms with Crippen molar-refractivity contribution in [3.63, 3.8) is 0 Å². The van der Waals surface area contributed by atoms with Gasteiger partial charge in [-0.3, -0.25) is 0 Å². The summed E-state index contributed by atoms with van der Waals surface area (Å²) in [5.74, 6) is 0. The topological polar surface area (TPSA) is 56.6 Å². The fraction of sp³-hybridized carbons (Fsp3) is 0.529. The molecule has 0 aromatic heterocycles. The molecule has 116 valence electrons. The first-order valence-electron chi connectivity index (χ1n) is 7.65. The molecule has 1 amide bonds. The molecule has 1 unspecified atom stereocenters. The van der Waals surface area contributed by atoms with Crippen LogP contribution in [0, 0.1) is 11.3 Å². The van der Waals surface area contributed by atoms with E-state index in [2.05, 4.69) is 11.0 Å². The lowest BCUT2D eigenvalue weighted by Gasteiger charge is -2.39. The van der Waals surface area contributed by atoms with Crippen LogP contribution < -0.4 is 4.90 Å². The third-order valence-corrected chi connectivity index (χ3v) is 4.11. The molecule has 1 aromatic carbocycles. The van der Waals surface area contributed by atoms with Crippen LogP contribution in [0.25, 0.3) is 0 Å². The van der Waals surface area contributed by atoms with Crippen molar-refractivity contribution < 1.29 is 9.53 Å². The van der Waals surface area contributed by atoms with E-state index in [4.69, 9.17) is 10.00 Å². The summed E-state index contributed by atoms with van der Waals surface area (Å²) in [6, 6.07) is 8.32. The molecule has 5 heteroatoms. The van der Waals surface area contributed by atoms with E-state index < -0.39 is 5.60 Å². The molecule has 1 fully saturated rings. The zero-order valence-electron chi connectivity index (χ0n) is 13.3. The average Bonchev–Trinajstić information content (AvgIpc) is 2.81. The van der Waals surface area contributed by atoms with Gasteiger partial charge in [-0.2, -0.15) is 5.26 Å². The van der Waals surface area contributed by atoms with Gasteiger partial charge >= 0.3 is 6.09 Å². The zero-order chi connectivity index (χ0) is 15.9. The third-order valence-electron chi connectivity index (χ3n) is 4.11. The van der Waals surface area contributed by atoms with Crippen LogP contribution in [0.5, 0.6) is 0 Å². The first kappa shape index (κ1) is 14.7. The van der Waals surface area contributed by atoms with Crippen molar-refractivity contribution in [1.29, 1.82) is 5.26 Å². The van der Waals surface area contributed by atoms with Crippen LogP contribution in [0.4, 0.5) is 10.5 Å². The average molecular weight is 299 g/mol. The Labute approximate surface area is 131 Å². The fourth-order valence-electron chi connectivity index (χ4n) is 3.19. The van der Waals surface area contributed by atoms with E-state index in [9.17, 15) is 4.79 Å². The number of carbonyl (C=O) groups is 1. The van der Waals surface area contributed by atoms with Gasteiger partial charge in [-0.15, -0.1) is 0 Å². The second kappa shape index (κ2) is 5.20. The summed E-state index contributed by atoms with van der Waals surface area (Å²) >= 11 is 0. The lowest BCUT2D eigenvalue weighted by Crippen LogP contribution is -2.54. The maximum atomic E-state index is 12.2. The first-order valence-corrected chi connectivity index (χ1v) is 7.65. The molecule has 0 radical (unpaired) electrons. The summed E-state index contributed by atoms with van der Waals surface area (Å²) in [5.41, 5.74) is 2.64. The maximum absolute atomic E-state index is 12.2. The second-order valence-electron chi connectivity index (χ2n) is 6.93. The zero-order valence-corrected chi connectivity index (χ0v) is 13.3. The molecule has 1 aromatic rings. The van der Waals surface area contributed by atoms with E-state index in [-0.39, 0.29) is 12.1 Å². The van der Waals surface area contributed by atoms with E-state index >= 15 is 0 Å². The van der Waals surface area contributed by atoms with Gasteiger partial charge in [-0.1, -0.05) is 0 Å². The van der Waals surface area contributed by atoms with Gasteiger partial charge in [-0.25, -0.2) is 4.79 Å². The minimum absolute atomic E-state index is 0.235. The number of carbonyl (C=O) groups excluding carboxylic acids is 1. The van der Waals surface area contributed by atoms with E-state index in [1.54, 1.807) is 4.90 Å². The Balaban J connectivity index is 1.72. The monoisotopic (exact) mass is 299 g/mol. The summed E-state index contributed by atoms with van der Waals surface area (Å²) in [4.78, 5) is 16.4. The Bertz CT molecular complexity index is 642. The van der Waals surface area contributed by atoms with Gasteiger partial charge in [0.1, 0.15) is 5.60 Å². The summed E-state index contributed by atoms with van der Waals surface area (Å²) in [7, 11) is 0. The molecule has 2 heterocycles. The summed E-state index contributed by atoms with van der Waals surface area (Å²) in [6.07, 6.45) is 0.644. The summed E-state index contributed by atoms with van der Waals surface area (Å²) in [6.45, 7) is 7.81. The number of benzene rings is 1. The van der Waals surface area contributed by atoms with E-state index in [1.807, 2.05) is 39.0 Å². The van der Waals surface area contributed by atoms with Crippen molar-refractivity contribution in [2.75, 3.05) is 24.5 Å². The number of hydrogen-bond acceptors (Lipinski definition) is 4. The molecule has 0 spiro atoms. The van der Waals surface area contributed by atoms with E-state index in [0.717, 1.165) is 13.0 Å². The number of anilines is 1. The highest BCUT2D eigenvalue weighted by molar-refractivity contribution is 5.70. The SMILES string of the molecule is CC(C)(C)OC(=O)N1CCN2c3ccc(C#N)cc3CC2C1. The highest BCUT2D eigenvalue weighted by atomic mass is 16.6. The molecule has 22 heavy (non-hydrogen) atoms. The van der Waals surface area contributed by atoms with Crippen molar-refractivity contribution in [2.45, 2.75) is 38.8 Å². The number of piperazine rings is 1. The Kier molecular flexibility index (Phi) is 3.48. The van der Waals surface area contributed by atoms with Crippen LogP contribution in [0.1, 0.15) is 31.9 Å². The van der Waals surface area contributed by atoms with Crippen LogP contribution in [0.15, 0.2) is 18.2 Å². The molecular weight excluding hydrogens is 278 g/mol. The van der Waals surface area contributed by atoms with E-state index in [0.29, 0.717) is 18.7 Å². The third kappa shape index (κ3) is 2.74. The van der Waals surface area contributed by atoms with Crippen molar-refractivity contribution in [3.8, 4) is 6.07 Å². The van der Waals surface area contributed by atoms with E-state index in [1.165, 1.54) is 11.3 Å². The van der Waals surface area contributed by atoms with Gasteiger partial charge in [0.25, 0.3) is 0 Å². The van der Waals surface area contributed by atoms with Crippen molar-refractivity contribution in [3.05, 3.63) is 29.3 Å². The highest BCUT2D eigenvalue weighted by Gasteiger charge is 2.36. The van der Waals surface area contributed by atoms with Crippen molar-refractivity contribution >= 4 is 11.8 Å². The van der Waals surface area contributed by atoms with Crippen LogP contribution in [-0.4, -0.2) is 42.3 Å². The van der Waals surface area contributed by atoms with Gasteiger partial charge in [0.05, 0.1) is 17.7 Å². The van der Waals surface area contributed by atoms with Crippen LogP contribution in [0.3, 0.4) is 0 Å². The largest absolute Gasteiger partial charge is 0.444 e. The number of nitriles is 1. The molecule has 1 atom stereocenters. The molecule has 0 saturated carbocycles. The van der Waals surface area contributed by atoms with Crippen LogP contribution in [0.2, 0.25) is 0 Å². The Hall–Kier alpha value is -2.22. The van der Waals surface area contributed by atoms with Crippen LogP contribution >= 0.6 is 0 Å². The van der Waals surface area contributed by atoms with Crippen molar-refractivity contribution in [1.82, 2.24) is 4.90 Å². The molecule has 2 aliphatic rings. The van der Waals surface area contributed by atoms with Gasteiger partial charge < -0.3 is 14.5 Å². The molecule has 0 aliphatic carbocycles. The number of amides is 1. The number of nitrogens with zero attached hydrogens (tertiary/aromatic N) is 3. The Morgan fingerprint density at radius 1 is 1.36 bits per heavy atom. The second-order valence-corrected chi connectivity index (χ2v) is 6.93. The highest BCUT2D eigenvalue weighted by Crippen LogP contribution is 2.34. The maximum Gasteiger partial charge on any atom is 0.410 e. The minimum atomic E-state index is -0.464. The Morgan fingerprint density at radius 2 is 2.14 bits per heavy atom. The molecular formula is C17H21N3O2. The first-order chi connectivity index (χ1) is 10.4. The summed E-state index contributed by atoms with van der Waals surface area (Å²) in [5, 5.41) is 9.02. The predicted octanol–water partition coefficient (Wildman–Crippen LogP) is 2.54. The number of hydrogen-bond donors (Lipinski definition) is 0. The van der Waals surface area contributed by atoms with Crippen LogP contribution in [-0.2, 0) is 11.2 Å². The molecule has 0 N–H and O–H groups in total. The lowest BCUT2D eigenvalue weighted by atomic mass is 10.1. The number of rotatable bonds is 0. The van der Waals surface area contributed by atoms with Crippen molar-refractivity contribution in [2.24, 2.45) is 0 Å². The number of fused-ring (bicyclic) bond motifs is 3. The molecule has 2 aliphatic heterocycles. The van der Waals surface area contributed by atoms with Gasteiger partial charge in [0.15, 0.2) is 0 Å². The Morgan fingerprint density at radius 3 is 2.82 bits per heavy atom. The quantitative estimate of drug-likeness (QED) is 0.738. The molecule has 5 nitrogen and oxygen atoms in total. The normalized spacial score (nSPS) is 20.2. The predicted molar refractivity (Wildman–Crippen MR) is 83.8 cm³/mol. The minimum Gasteiger partial charge on any atom is -0.444 e.